The molecule has 5 saturated carbocycles. The molecule has 0 radical (unpaired) electrons. The van der Waals surface area contributed by atoms with Crippen molar-refractivity contribution in [1.82, 2.24) is 0 Å². The van der Waals surface area contributed by atoms with Crippen LogP contribution in [0.3, 0.4) is 0 Å². The summed E-state index contributed by atoms with van der Waals surface area (Å²) in [4.78, 5) is 0.213. The molecule has 0 atom stereocenters. The summed E-state index contributed by atoms with van der Waals surface area (Å²) in [5, 5.41) is 38.2. The van der Waals surface area contributed by atoms with Gasteiger partial charge in [-0.2, -0.15) is 40.9 Å². The first-order valence-corrected chi connectivity index (χ1v) is 17.7. The molecule has 0 bridgehead atoms. The lowest BCUT2D eigenvalue weighted by Gasteiger charge is -2.34. The minimum absolute atomic E-state index is 0.0116. The number of nitrogens with zero attached hydrogens (tertiary/aromatic N) is 8. The quantitative estimate of drug-likeness (QED) is 0.304. The highest BCUT2D eigenvalue weighted by atomic mass is 32.2. The molecule has 0 aromatic heterocycles. The van der Waals surface area contributed by atoms with Gasteiger partial charge in [-0.25, -0.2) is 0 Å². The number of thioether (sulfide) groups is 2. The molecule has 0 aromatic rings. The van der Waals surface area contributed by atoms with Gasteiger partial charge in [0.05, 0.1) is 0 Å². The lowest BCUT2D eigenvalue weighted by atomic mass is 9.93. The standard InChI is InChI=1S/C30H44N8S2/c1-3-15-27(16-4-1)35-37-29(39-27)19-11-25(12-20-29)33-31-23-7-9-24(10-8-23)32-34-26-13-21-30(22-14-26)38-36-28(40-30)17-5-2-6-18-28/h1-22H2. The molecule has 0 aromatic carbocycles. The van der Waals surface area contributed by atoms with Crippen molar-refractivity contribution in [3.8, 4) is 0 Å². The van der Waals surface area contributed by atoms with E-state index in [4.69, 9.17) is 40.9 Å². The number of hydrogen-bond donors (Lipinski definition) is 0. The molecule has 10 heteroatoms. The average Bonchev–Trinajstić information content (AvgIpc) is 3.51. The summed E-state index contributed by atoms with van der Waals surface area (Å²) in [6.45, 7) is 0. The maximum Gasteiger partial charge on any atom is 0.130 e. The Labute approximate surface area is 247 Å². The largest absolute Gasteiger partial charge is 0.175 e. The molecule has 0 amide bonds. The van der Waals surface area contributed by atoms with Crippen LogP contribution in [0, 0.1) is 0 Å². The van der Waals surface area contributed by atoms with Crippen LogP contribution >= 0.6 is 23.5 Å². The summed E-state index contributed by atoms with van der Waals surface area (Å²) in [5.41, 5.74) is 4.92. The molecule has 0 saturated heterocycles. The molecule has 0 unspecified atom stereocenters. The van der Waals surface area contributed by atoms with Crippen LogP contribution in [0.1, 0.15) is 141 Å². The summed E-state index contributed by atoms with van der Waals surface area (Å²) in [7, 11) is 0. The first-order valence-electron chi connectivity index (χ1n) is 16.1. The summed E-state index contributed by atoms with van der Waals surface area (Å²) < 4.78 is 0. The lowest BCUT2D eigenvalue weighted by molar-refractivity contribution is 0.401. The fraction of sp³-hybridized carbons (Fsp3) is 0.867. The fourth-order valence-electron chi connectivity index (χ4n) is 7.54. The number of azo groups is 2. The third-order valence-electron chi connectivity index (χ3n) is 10.1. The van der Waals surface area contributed by atoms with E-state index in [0.29, 0.717) is 0 Å². The summed E-state index contributed by atoms with van der Waals surface area (Å²) in [6, 6.07) is 0. The molecular weight excluding hydrogens is 537 g/mol. The van der Waals surface area contributed by atoms with Gasteiger partial charge in [-0.15, -0.1) is 0 Å². The Morgan fingerprint density at radius 3 is 0.950 bits per heavy atom. The van der Waals surface area contributed by atoms with Crippen LogP contribution in [0.5, 0.6) is 0 Å². The summed E-state index contributed by atoms with van der Waals surface area (Å²) >= 11 is 4.14. The molecule has 7 aliphatic rings. The first kappa shape index (κ1) is 27.4. The topological polar surface area (TPSA) is 98.9 Å². The molecule has 2 heterocycles. The first-order chi connectivity index (χ1) is 19.6. The predicted octanol–water partition coefficient (Wildman–Crippen LogP) is 9.41. The summed E-state index contributed by atoms with van der Waals surface area (Å²) in [6.07, 6.45) is 24.9. The molecule has 2 aliphatic heterocycles. The van der Waals surface area contributed by atoms with Crippen molar-refractivity contribution in [2.75, 3.05) is 0 Å². The minimum Gasteiger partial charge on any atom is -0.175 e. The van der Waals surface area contributed by atoms with E-state index in [1.165, 1.54) is 87.1 Å². The second-order valence-electron chi connectivity index (χ2n) is 13.2. The SMILES string of the molecule is C1CCC2(CC1)N=NC1(CCC(=NN=C3CCC(=NN=C4CCC5(CC4)N=NC4(CCCCC4)S5)CC3)CC1)S2. The van der Waals surface area contributed by atoms with E-state index in [1.54, 1.807) is 0 Å². The van der Waals surface area contributed by atoms with Crippen molar-refractivity contribution in [2.45, 2.75) is 161 Å². The maximum atomic E-state index is 4.85. The zero-order chi connectivity index (χ0) is 26.9. The van der Waals surface area contributed by atoms with E-state index in [9.17, 15) is 0 Å². The van der Waals surface area contributed by atoms with E-state index >= 15 is 0 Å². The van der Waals surface area contributed by atoms with Gasteiger partial charge in [0.2, 0.25) is 0 Å². The Morgan fingerprint density at radius 1 is 0.350 bits per heavy atom. The third kappa shape index (κ3) is 5.90. The maximum absolute atomic E-state index is 4.85. The van der Waals surface area contributed by atoms with Crippen LogP contribution in [-0.4, -0.2) is 42.3 Å². The van der Waals surface area contributed by atoms with Gasteiger partial charge in [-0.1, -0.05) is 62.0 Å². The predicted molar refractivity (Wildman–Crippen MR) is 167 cm³/mol. The highest BCUT2D eigenvalue weighted by Crippen LogP contribution is 2.58. The second kappa shape index (κ2) is 11.3. The smallest absolute Gasteiger partial charge is 0.130 e. The van der Waals surface area contributed by atoms with Crippen LogP contribution in [-0.2, 0) is 0 Å². The van der Waals surface area contributed by atoms with Crippen LogP contribution in [0.4, 0.5) is 0 Å². The van der Waals surface area contributed by atoms with Crippen LogP contribution in [0.25, 0.3) is 0 Å². The summed E-state index contributed by atoms with van der Waals surface area (Å²) in [5.74, 6) is 0. The third-order valence-corrected chi connectivity index (χ3v) is 13.6. The highest BCUT2D eigenvalue weighted by Gasteiger charge is 2.50. The van der Waals surface area contributed by atoms with Gasteiger partial charge in [-0.3, -0.25) is 0 Å². The molecule has 5 fully saturated rings. The zero-order valence-corrected chi connectivity index (χ0v) is 25.6. The van der Waals surface area contributed by atoms with Crippen molar-refractivity contribution < 1.29 is 0 Å². The minimum atomic E-state index is 0.0116. The van der Waals surface area contributed by atoms with Crippen molar-refractivity contribution in [3.05, 3.63) is 0 Å². The van der Waals surface area contributed by atoms with Crippen molar-refractivity contribution >= 4 is 46.4 Å². The van der Waals surface area contributed by atoms with Crippen molar-refractivity contribution in [2.24, 2.45) is 40.9 Å². The van der Waals surface area contributed by atoms with Gasteiger partial charge in [0.1, 0.15) is 19.5 Å². The van der Waals surface area contributed by atoms with Crippen molar-refractivity contribution in [1.29, 1.82) is 0 Å². The molecule has 5 aliphatic carbocycles. The molecule has 216 valence electrons. The second-order valence-corrected chi connectivity index (χ2v) is 16.6. The van der Waals surface area contributed by atoms with Gasteiger partial charge in [0.25, 0.3) is 0 Å². The normalized spacial score (nSPS) is 34.8. The molecular formula is C30H44N8S2. The molecule has 4 spiro atoms. The van der Waals surface area contributed by atoms with Gasteiger partial charge in [0.15, 0.2) is 0 Å². The lowest BCUT2D eigenvalue weighted by Crippen LogP contribution is -2.32. The van der Waals surface area contributed by atoms with Crippen LogP contribution < -0.4 is 0 Å². The van der Waals surface area contributed by atoms with E-state index in [1.807, 2.05) is 0 Å². The Kier molecular flexibility index (Phi) is 7.77. The van der Waals surface area contributed by atoms with E-state index < -0.39 is 0 Å². The van der Waals surface area contributed by atoms with Crippen molar-refractivity contribution in [3.63, 3.8) is 0 Å². The van der Waals surface area contributed by atoms with E-state index in [-0.39, 0.29) is 19.5 Å². The zero-order valence-electron chi connectivity index (χ0n) is 24.0. The Morgan fingerprint density at radius 2 is 0.625 bits per heavy atom. The van der Waals surface area contributed by atoms with Gasteiger partial charge in [0, 0.05) is 22.8 Å². The van der Waals surface area contributed by atoms with Crippen LogP contribution in [0.2, 0.25) is 0 Å². The number of hydrogen-bond acceptors (Lipinski definition) is 10. The van der Waals surface area contributed by atoms with Crippen LogP contribution in [0.15, 0.2) is 40.9 Å². The van der Waals surface area contributed by atoms with E-state index in [0.717, 1.165) is 77.0 Å². The van der Waals surface area contributed by atoms with Gasteiger partial charge >= 0.3 is 0 Å². The monoisotopic (exact) mass is 580 g/mol. The molecule has 7 rings (SSSR count). The molecule has 8 nitrogen and oxygen atoms in total. The Hall–Kier alpha value is -1.42. The van der Waals surface area contributed by atoms with E-state index in [2.05, 4.69) is 23.5 Å². The fourth-order valence-corrected chi connectivity index (χ4v) is 11.1. The molecule has 40 heavy (non-hydrogen) atoms. The Bertz CT molecular complexity index is 1030. The molecule has 0 N–H and O–H groups in total. The number of rotatable bonds is 2. The highest BCUT2D eigenvalue weighted by molar-refractivity contribution is 8.02. The van der Waals surface area contributed by atoms with Gasteiger partial charge < -0.3 is 0 Å². The Balaban J connectivity index is 0.860. The van der Waals surface area contributed by atoms with Gasteiger partial charge in [-0.05, 0) is 103 Å². The average molecular weight is 581 g/mol.